The molecule has 0 bridgehead atoms. The number of hydrogen-bond donors (Lipinski definition) is 0. The molecule has 7 aromatic rings. The molecule has 0 aliphatic heterocycles. The summed E-state index contributed by atoms with van der Waals surface area (Å²) in [6.07, 6.45) is 5.03. The van der Waals surface area contributed by atoms with Gasteiger partial charge in [0.25, 0.3) is 0 Å². The van der Waals surface area contributed by atoms with Gasteiger partial charge >= 0.3 is 0 Å². The summed E-state index contributed by atoms with van der Waals surface area (Å²) >= 11 is 0. The van der Waals surface area contributed by atoms with Crippen LogP contribution >= 0.6 is 0 Å². The zero-order chi connectivity index (χ0) is 35.6. The van der Waals surface area contributed by atoms with Crippen LogP contribution in [0.3, 0.4) is 0 Å². The summed E-state index contributed by atoms with van der Waals surface area (Å²) in [6, 6.07) is 38.4. The predicted octanol–water partition coefficient (Wildman–Crippen LogP) is 12.1. The Kier molecular flexibility index (Phi) is 12.0. The number of aryl methyl sites for hydroxylation is 2. The summed E-state index contributed by atoms with van der Waals surface area (Å²) in [5, 5.41) is 3.70. The second-order valence-electron chi connectivity index (χ2n) is 15.2. The monoisotopic (exact) mass is 865 g/mol. The van der Waals surface area contributed by atoms with Crippen molar-refractivity contribution in [3.05, 3.63) is 138 Å². The minimum atomic E-state index is -1.36. The fourth-order valence-corrected chi connectivity index (χ4v) is 8.17. The molecule has 3 nitrogen and oxygen atoms in total. The van der Waals surface area contributed by atoms with Crippen LogP contribution < -0.4 is 5.19 Å². The second-order valence-corrected chi connectivity index (χ2v) is 20.2. The van der Waals surface area contributed by atoms with Crippen molar-refractivity contribution >= 4 is 35.2 Å². The standard InChI is InChI=1S/C27H22NO.C19H26NSi.Ir/c1-18(2)15-19-13-14-28-25(16-19)24-10-6-9-23-22-12-11-21(17-26(22)29-27(23)24)20-7-4-3-5-8-20;1-13(2)17-11-18(20-12-19(17)21(5,6)7)16-9-8-14(3)15(4)10-16;/h3-9,11-14,16-18H,15H2,1-2H3;8,10-13H,1-7H3;/q2*-1;. The van der Waals surface area contributed by atoms with Gasteiger partial charge in [0, 0.05) is 37.9 Å². The largest absolute Gasteiger partial charge is 0.501 e. The molecule has 0 saturated carbocycles. The van der Waals surface area contributed by atoms with Gasteiger partial charge < -0.3 is 14.4 Å². The number of aromatic nitrogens is 2. The first-order valence-electron chi connectivity index (χ1n) is 17.8. The fourth-order valence-electron chi connectivity index (χ4n) is 6.49. The van der Waals surface area contributed by atoms with Crippen LogP contribution in [-0.4, -0.2) is 18.0 Å². The molecule has 1 radical (unpaired) electrons. The van der Waals surface area contributed by atoms with Crippen LogP contribution in [0.2, 0.25) is 19.6 Å². The van der Waals surface area contributed by atoms with E-state index in [1.54, 1.807) is 0 Å². The quantitative estimate of drug-likeness (QED) is 0.118. The zero-order valence-corrected chi connectivity index (χ0v) is 34.7. The van der Waals surface area contributed by atoms with E-state index < -0.39 is 8.07 Å². The van der Waals surface area contributed by atoms with E-state index in [4.69, 9.17) is 9.40 Å². The van der Waals surface area contributed by atoms with E-state index in [1.165, 1.54) is 33.0 Å². The topological polar surface area (TPSA) is 38.9 Å². The van der Waals surface area contributed by atoms with Crippen LogP contribution in [0.4, 0.5) is 0 Å². The summed E-state index contributed by atoms with van der Waals surface area (Å²) in [4.78, 5) is 9.34. The number of hydrogen-bond acceptors (Lipinski definition) is 3. The van der Waals surface area contributed by atoms with Gasteiger partial charge in [-0.15, -0.1) is 53.1 Å². The zero-order valence-electron chi connectivity index (χ0n) is 31.3. The van der Waals surface area contributed by atoms with Crippen molar-refractivity contribution in [2.75, 3.05) is 0 Å². The van der Waals surface area contributed by atoms with E-state index in [9.17, 15) is 0 Å². The first kappa shape index (κ1) is 38.1. The molecule has 263 valence electrons. The van der Waals surface area contributed by atoms with Crippen LogP contribution in [0.1, 0.15) is 55.9 Å². The molecule has 0 atom stereocenters. The third kappa shape index (κ3) is 8.67. The molecule has 0 N–H and O–H groups in total. The van der Waals surface area contributed by atoms with Crippen LogP contribution in [0.15, 0.2) is 108 Å². The van der Waals surface area contributed by atoms with Crippen LogP contribution in [0, 0.1) is 31.9 Å². The number of pyridine rings is 2. The van der Waals surface area contributed by atoms with Crippen LogP contribution in [0.25, 0.3) is 55.6 Å². The molecule has 0 aliphatic carbocycles. The number of furan rings is 1. The van der Waals surface area contributed by atoms with Gasteiger partial charge in [0.05, 0.1) is 13.7 Å². The van der Waals surface area contributed by atoms with Gasteiger partial charge in [-0.3, -0.25) is 0 Å². The minimum absolute atomic E-state index is 0. The van der Waals surface area contributed by atoms with E-state index in [-0.39, 0.29) is 20.1 Å². The van der Waals surface area contributed by atoms with Gasteiger partial charge in [-0.25, -0.2) is 0 Å². The smallest absolute Gasteiger partial charge is 0.121 e. The normalized spacial score (nSPS) is 11.5. The maximum absolute atomic E-state index is 6.35. The van der Waals surface area contributed by atoms with Gasteiger partial charge in [0.1, 0.15) is 5.58 Å². The Morgan fingerprint density at radius 1 is 0.745 bits per heavy atom. The summed E-state index contributed by atoms with van der Waals surface area (Å²) < 4.78 is 6.35. The van der Waals surface area contributed by atoms with Crippen LogP contribution in [0.5, 0.6) is 0 Å². The molecule has 0 saturated heterocycles. The summed E-state index contributed by atoms with van der Waals surface area (Å²) in [5.41, 5.74) is 13.4. The van der Waals surface area contributed by atoms with Gasteiger partial charge in [-0.05, 0) is 58.1 Å². The van der Waals surface area contributed by atoms with Gasteiger partial charge in [0.15, 0.2) is 0 Å². The fraction of sp³-hybridized carbons (Fsp3) is 0.261. The molecule has 5 heteroatoms. The van der Waals surface area contributed by atoms with Crippen molar-refractivity contribution < 1.29 is 24.5 Å². The Hall–Kier alpha value is -4.15. The molecule has 0 amide bonds. The number of nitrogens with zero attached hydrogens (tertiary/aromatic N) is 2. The molecule has 3 aromatic heterocycles. The van der Waals surface area contributed by atoms with Crippen molar-refractivity contribution in [3.63, 3.8) is 0 Å². The molecule has 0 aliphatic rings. The van der Waals surface area contributed by atoms with Crippen molar-refractivity contribution in [2.45, 2.75) is 73.5 Å². The summed E-state index contributed by atoms with van der Waals surface area (Å²) in [7, 11) is -1.36. The Balaban J connectivity index is 0.000000205. The number of rotatable bonds is 7. The van der Waals surface area contributed by atoms with E-state index in [0.717, 1.165) is 56.4 Å². The van der Waals surface area contributed by atoms with E-state index in [1.807, 2.05) is 18.3 Å². The first-order chi connectivity index (χ1) is 23.9. The Morgan fingerprint density at radius 3 is 2.20 bits per heavy atom. The Bertz CT molecular complexity index is 2260. The average Bonchev–Trinajstić information content (AvgIpc) is 3.47. The van der Waals surface area contributed by atoms with Crippen molar-refractivity contribution in [1.29, 1.82) is 0 Å². The molecule has 4 aromatic carbocycles. The molecule has 7 rings (SSSR count). The van der Waals surface area contributed by atoms with E-state index in [0.29, 0.717) is 11.8 Å². The number of benzene rings is 4. The third-order valence-corrected chi connectivity index (χ3v) is 11.4. The maximum atomic E-state index is 6.35. The van der Waals surface area contributed by atoms with E-state index >= 15 is 0 Å². The van der Waals surface area contributed by atoms with Gasteiger partial charge in [0.2, 0.25) is 0 Å². The van der Waals surface area contributed by atoms with Gasteiger partial charge in [-0.1, -0.05) is 138 Å². The summed E-state index contributed by atoms with van der Waals surface area (Å²) in [6.45, 7) is 20.4. The molecule has 51 heavy (non-hydrogen) atoms. The maximum Gasteiger partial charge on any atom is 0.121 e. The molecule has 0 spiro atoms. The van der Waals surface area contributed by atoms with Gasteiger partial charge in [-0.2, -0.15) is 0 Å². The molecular weight excluding hydrogens is 817 g/mol. The second kappa shape index (κ2) is 16.0. The Labute approximate surface area is 319 Å². The van der Waals surface area contributed by atoms with E-state index in [2.05, 4.69) is 163 Å². The molecule has 3 heterocycles. The first-order valence-corrected chi connectivity index (χ1v) is 21.3. The van der Waals surface area contributed by atoms with Crippen molar-refractivity contribution in [2.24, 2.45) is 5.92 Å². The molecule has 0 unspecified atom stereocenters. The van der Waals surface area contributed by atoms with Crippen LogP contribution in [-0.2, 0) is 26.5 Å². The molecular formula is C46H48IrN2OSi-2. The predicted molar refractivity (Wildman–Crippen MR) is 215 cm³/mol. The third-order valence-electron chi connectivity index (χ3n) is 9.33. The molecule has 0 fully saturated rings. The van der Waals surface area contributed by atoms with Crippen molar-refractivity contribution in [3.8, 4) is 33.6 Å². The average molecular weight is 865 g/mol. The summed E-state index contributed by atoms with van der Waals surface area (Å²) in [5.74, 6) is 1.13. The number of fused-ring (bicyclic) bond motifs is 3. The van der Waals surface area contributed by atoms with Crippen molar-refractivity contribution in [1.82, 2.24) is 9.97 Å². The Morgan fingerprint density at radius 2 is 1.51 bits per heavy atom. The minimum Gasteiger partial charge on any atom is -0.501 e. The SMILES string of the molecule is CC(C)Cc1ccnc(-c2[c-]ccc3c2oc2cc(-c4ccccc4)ccc23)c1.Cc1c[c-]c(-c2cc(C(C)C)c([Si](C)(C)C)cn2)cc1C.[Ir].